The molecule has 0 unspecified atom stereocenters. The lowest BCUT2D eigenvalue weighted by Gasteiger charge is -2.26. The van der Waals surface area contributed by atoms with Gasteiger partial charge in [0.05, 0.1) is 6.61 Å². The molecule has 1 fully saturated rings. The molecule has 0 N–H and O–H groups in total. The average molecular weight is 312 g/mol. The number of likely N-dealkylation sites (tertiary alicyclic amines) is 1. The molecule has 1 aliphatic rings. The maximum Gasteiger partial charge on any atom is 0.253 e. The molecule has 0 aliphatic carbocycles. The first-order valence-corrected chi connectivity index (χ1v) is 7.51. The van der Waals surface area contributed by atoms with Gasteiger partial charge in [-0.2, -0.15) is 0 Å². The summed E-state index contributed by atoms with van der Waals surface area (Å²) >= 11 is 3.32. The van der Waals surface area contributed by atoms with Crippen LogP contribution < -0.4 is 4.74 Å². The molecular weight excluding hydrogens is 294 g/mol. The van der Waals surface area contributed by atoms with E-state index in [0.29, 0.717) is 6.61 Å². The number of alkyl halides is 1. The molecule has 98 valence electrons. The molecule has 1 heterocycles. The highest BCUT2D eigenvalue weighted by atomic mass is 79.9. The van der Waals surface area contributed by atoms with Crippen molar-refractivity contribution in [3.05, 3.63) is 29.8 Å². The van der Waals surface area contributed by atoms with E-state index in [2.05, 4.69) is 15.9 Å². The molecule has 0 aromatic heterocycles. The van der Waals surface area contributed by atoms with Gasteiger partial charge in [0.1, 0.15) is 5.75 Å². The summed E-state index contributed by atoms with van der Waals surface area (Å²) in [6, 6.07) is 7.45. The Kier molecular flexibility index (Phi) is 5.05. The highest BCUT2D eigenvalue weighted by Gasteiger charge is 2.18. The van der Waals surface area contributed by atoms with E-state index >= 15 is 0 Å². The van der Waals surface area contributed by atoms with Gasteiger partial charge in [0.2, 0.25) is 0 Å². The van der Waals surface area contributed by atoms with Crippen LogP contribution >= 0.6 is 15.9 Å². The van der Waals surface area contributed by atoms with Crippen LogP contribution in [0.25, 0.3) is 0 Å². The van der Waals surface area contributed by atoms with Crippen molar-refractivity contribution < 1.29 is 9.53 Å². The third-order valence-electron chi connectivity index (χ3n) is 3.07. The number of rotatable bonds is 4. The number of carbonyl (C=O) groups excluding carboxylic acids is 1. The molecule has 18 heavy (non-hydrogen) atoms. The number of nitrogens with zero attached hydrogens (tertiary/aromatic N) is 1. The van der Waals surface area contributed by atoms with Crippen LogP contribution in [0.3, 0.4) is 0 Å². The molecule has 0 atom stereocenters. The third kappa shape index (κ3) is 3.48. The van der Waals surface area contributed by atoms with E-state index in [0.717, 1.165) is 42.6 Å². The summed E-state index contributed by atoms with van der Waals surface area (Å²) < 4.78 is 5.52. The van der Waals surface area contributed by atoms with Crippen LogP contribution in [0.5, 0.6) is 5.75 Å². The third-order valence-corrected chi connectivity index (χ3v) is 3.39. The van der Waals surface area contributed by atoms with Crippen molar-refractivity contribution in [1.82, 2.24) is 4.90 Å². The molecule has 0 bridgehead atoms. The Bertz CT molecular complexity index is 403. The van der Waals surface area contributed by atoms with Gasteiger partial charge >= 0.3 is 0 Å². The molecule has 2 rings (SSSR count). The molecule has 1 aromatic carbocycles. The van der Waals surface area contributed by atoms with Crippen LogP contribution in [0, 0.1) is 0 Å². The average Bonchev–Trinajstić information content (AvgIpc) is 2.45. The van der Waals surface area contributed by atoms with Gasteiger partial charge in [-0.15, -0.1) is 0 Å². The van der Waals surface area contributed by atoms with Crippen molar-refractivity contribution in [3.63, 3.8) is 0 Å². The number of carbonyl (C=O) groups is 1. The number of hydrogen-bond donors (Lipinski definition) is 0. The normalized spacial score (nSPS) is 15.5. The van der Waals surface area contributed by atoms with Crippen LogP contribution in [-0.4, -0.2) is 35.8 Å². The second-order valence-corrected chi connectivity index (χ2v) is 5.21. The zero-order valence-electron chi connectivity index (χ0n) is 10.4. The minimum absolute atomic E-state index is 0.124. The Morgan fingerprint density at radius 3 is 2.78 bits per heavy atom. The van der Waals surface area contributed by atoms with E-state index in [4.69, 9.17) is 4.74 Å². The lowest BCUT2D eigenvalue weighted by molar-refractivity contribution is 0.0724. The molecule has 1 amide bonds. The lowest BCUT2D eigenvalue weighted by atomic mass is 10.1. The summed E-state index contributed by atoms with van der Waals surface area (Å²) in [4.78, 5) is 14.2. The van der Waals surface area contributed by atoms with Gasteiger partial charge < -0.3 is 9.64 Å². The SMILES string of the molecule is O=C(c1cccc(OCCBr)c1)N1CCCCC1. The zero-order valence-corrected chi connectivity index (χ0v) is 12.0. The quantitative estimate of drug-likeness (QED) is 0.800. The lowest BCUT2D eigenvalue weighted by Crippen LogP contribution is -2.35. The zero-order chi connectivity index (χ0) is 12.8. The fourth-order valence-electron chi connectivity index (χ4n) is 2.15. The molecular formula is C14H18BrNO2. The summed E-state index contributed by atoms with van der Waals surface area (Å²) in [5.41, 5.74) is 0.726. The highest BCUT2D eigenvalue weighted by Crippen LogP contribution is 2.17. The predicted octanol–water partition coefficient (Wildman–Crippen LogP) is 3.09. The summed E-state index contributed by atoms with van der Waals surface area (Å²) in [7, 11) is 0. The van der Waals surface area contributed by atoms with Gasteiger partial charge in [0.15, 0.2) is 0 Å². The molecule has 1 aliphatic heterocycles. The fourth-order valence-corrected chi connectivity index (χ4v) is 2.32. The van der Waals surface area contributed by atoms with Gasteiger partial charge in [0, 0.05) is 24.0 Å². The van der Waals surface area contributed by atoms with Crippen molar-refractivity contribution >= 4 is 21.8 Å². The smallest absolute Gasteiger partial charge is 0.253 e. The monoisotopic (exact) mass is 311 g/mol. The molecule has 0 saturated carbocycles. The van der Waals surface area contributed by atoms with Gasteiger partial charge in [-0.25, -0.2) is 0 Å². The van der Waals surface area contributed by atoms with E-state index < -0.39 is 0 Å². The molecule has 1 saturated heterocycles. The van der Waals surface area contributed by atoms with Crippen molar-refractivity contribution in [2.45, 2.75) is 19.3 Å². The van der Waals surface area contributed by atoms with Gasteiger partial charge in [0.25, 0.3) is 5.91 Å². The second-order valence-electron chi connectivity index (χ2n) is 4.42. The topological polar surface area (TPSA) is 29.5 Å². The Morgan fingerprint density at radius 1 is 1.28 bits per heavy atom. The van der Waals surface area contributed by atoms with E-state index in [1.807, 2.05) is 29.2 Å². The van der Waals surface area contributed by atoms with Gasteiger partial charge in [-0.1, -0.05) is 22.0 Å². The number of benzene rings is 1. The van der Waals surface area contributed by atoms with Crippen LogP contribution in [-0.2, 0) is 0 Å². The van der Waals surface area contributed by atoms with Crippen molar-refractivity contribution in [2.75, 3.05) is 25.0 Å². The van der Waals surface area contributed by atoms with Gasteiger partial charge in [-0.05, 0) is 37.5 Å². The first-order chi connectivity index (χ1) is 8.81. The minimum Gasteiger partial charge on any atom is -0.493 e. The Hall–Kier alpha value is -1.03. The van der Waals surface area contributed by atoms with Crippen molar-refractivity contribution in [2.24, 2.45) is 0 Å². The molecule has 4 heteroatoms. The van der Waals surface area contributed by atoms with Crippen molar-refractivity contribution in [1.29, 1.82) is 0 Å². The van der Waals surface area contributed by atoms with Crippen LogP contribution in [0.15, 0.2) is 24.3 Å². The van der Waals surface area contributed by atoms with Crippen LogP contribution in [0.4, 0.5) is 0 Å². The Labute approximate surface area is 116 Å². The van der Waals surface area contributed by atoms with E-state index in [-0.39, 0.29) is 5.91 Å². The maximum absolute atomic E-state index is 12.3. The fraction of sp³-hybridized carbons (Fsp3) is 0.500. The molecule has 0 spiro atoms. The Balaban J connectivity index is 2.04. The largest absolute Gasteiger partial charge is 0.493 e. The standard InChI is InChI=1S/C14H18BrNO2/c15-7-10-18-13-6-4-5-12(11-13)14(17)16-8-2-1-3-9-16/h4-6,11H,1-3,7-10H2. The number of piperidine rings is 1. The Morgan fingerprint density at radius 2 is 2.06 bits per heavy atom. The number of hydrogen-bond acceptors (Lipinski definition) is 2. The number of halogens is 1. The van der Waals surface area contributed by atoms with Crippen LogP contribution in [0.2, 0.25) is 0 Å². The molecule has 0 radical (unpaired) electrons. The maximum atomic E-state index is 12.3. The summed E-state index contributed by atoms with van der Waals surface area (Å²) in [6.07, 6.45) is 3.47. The van der Waals surface area contributed by atoms with Crippen molar-refractivity contribution in [3.8, 4) is 5.75 Å². The van der Waals surface area contributed by atoms with Crippen LogP contribution in [0.1, 0.15) is 29.6 Å². The van der Waals surface area contributed by atoms with E-state index in [1.165, 1.54) is 6.42 Å². The summed E-state index contributed by atoms with van der Waals surface area (Å²) in [5.74, 6) is 0.885. The predicted molar refractivity (Wildman–Crippen MR) is 75.5 cm³/mol. The number of amides is 1. The highest BCUT2D eigenvalue weighted by molar-refractivity contribution is 9.09. The molecule has 3 nitrogen and oxygen atoms in total. The van der Waals surface area contributed by atoms with E-state index in [1.54, 1.807) is 0 Å². The second kappa shape index (κ2) is 6.78. The molecule has 1 aromatic rings. The first-order valence-electron chi connectivity index (χ1n) is 6.39. The summed E-state index contributed by atoms with van der Waals surface area (Å²) in [5, 5.41) is 0.789. The number of ether oxygens (including phenoxy) is 1. The summed E-state index contributed by atoms with van der Waals surface area (Å²) in [6.45, 7) is 2.37. The first kappa shape index (κ1) is 13.4. The van der Waals surface area contributed by atoms with E-state index in [9.17, 15) is 4.79 Å². The van der Waals surface area contributed by atoms with Gasteiger partial charge in [-0.3, -0.25) is 4.79 Å². The minimum atomic E-state index is 0.124.